The summed E-state index contributed by atoms with van der Waals surface area (Å²) in [5.41, 5.74) is 11.8. The highest BCUT2D eigenvalue weighted by atomic mass is 15.0. The number of hydrogen-bond acceptors (Lipinski definition) is 7. The van der Waals surface area contributed by atoms with Crippen LogP contribution in [0.15, 0.2) is 212 Å². The third kappa shape index (κ3) is 7.75. The number of rotatable bonds is 9. The molecule has 0 unspecified atom stereocenters. The van der Waals surface area contributed by atoms with Crippen molar-refractivity contribution in [2.24, 2.45) is 0 Å². The molecule has 0 aliphatic heterocycles. The average molecular weight is 794 g/mol. The number of aromatic nitrogens is 6. The summed E-state index contributed by atoms with van der Waals surface area (Å²) in [6, 6.07) is 73.0. The molecular formula is C55H35N7. The Morgan fingerprint density at radius 1 is 0.242 bits per heavy atom. The first-order chi connectivity index (χ1) is 30.7. The second-order valence-corrected chi connectivity index (χ2v) is 14.7. The van der Waals surface area contributed by atoms with Crippen LogP contribution in [0.1, 0.15) is 5.56 Å². The molecule has 10 aromatic rings. The largest absolute Gasteiger partial charge is 0.208 e. The molecular weight excluding hydrogens is 759 g/mol. The van der Waals surface area contributed by atoms with Crippen LogP contribution in [0.5, 0.6) is 0 Å². The van der Waals surface area contributed by atoms with Crippen LogP contribution < -0.4 is 0 Å². The van der Waals surface area contributed by atoms with Crippen LogP contribution in [-0.2, 0) is 0 Å². The Labute approximate surface area is 359 Å². The third-order valence-corrected chi connectivity index (χ3v) is 10.6. The van der Waals surface area contributed by atoms with Crippen molar-refractivity contribution in [1.29, 1.82) is 5.26 Å². The van der Waals surface area contributed by atoms with Gasteiger partial charge in [-0.25, -0.2) is 29.9 Å². The summed E-state index contributed by atoms with van der Waals surface area (Å²) in [5, 5.41) is 9.57. The van der Waals surface area contributed by atoms with E-state index in [0.29, 0.717) is 40.5 Å². The molecule has 0 saturated carbocycles. The Morgan fingerprint density at radius 2 is 0.613 bits per heavy atom. The van der Waals surface area contributed by atoms with Crippen molar-refractivity contribution in [3.8, 4) is 108 Å². The van der Waals surface area contributed by atoms with Crippen LogP contribution >= 0.6 is 0 Å². The van der Waals surface area contributed by atoms with Crippen LogP contribution in [-0.4, -0.2) is 29.9 Å². The lowest BCUT2D eigenvalue weighted by Crippen LogP contribution is -2.02. The smallest absolute Gasteiger partial charge is 0.164 e. The fourth-order valence-electron chi connectivity index (χ4n) is 7.57. The summed E-state index contributed by atoms with van der Waals surface area (Å²) in [5.74, 6) is 3.43. The second kappa shape index (κ2) is 16.9. The molecule has 0 aliphatic carbocycles. The van der Waals surface area contributed by atoms with Crippen molar-refractivity contribution < 1.29 is 0 Å². The van der Waals surface area contributed by atoms with E-state index in [1.165, 1.54) is 0 Å². The Kier molecular flexibility index (Phi) is 10.2. The zero-order valence-corrected chi connectivity index (χ0v) is 33.3. The summed E-state index contributed by atoms with van der Waals surface area (Å²) in [6.07, 6.45) is 0. The molecule has 0 bridgehead atoms. The van der Waals surface area contributed by atoms with Gasteiger partial charge < -0.3 is 0 Å². The van der Waals surface area contributed by atoms with Gasteiger partial charge in [0.25, 0.3) is 0 Å². The van der Waals surface area contributed by atoms with E-state index in [-0.39, 0.29) is 0 Å². The third-order valence-electron chi connectivity index (χ3n) is 10.6. The molecule has 0 saturated heterocycles. The highest BCUT2D eigenvalue weighted by Gasteiger charge is 2.20. The first kappa shape index (κ1) is 37.5. The van der Waals surface area contributed by atoms with Gasteiger partial charge in [0.1, 0.15) is 0 Å². The van der Waals surface area contributed by atoms with E-state index < -0.39 is 0 Å². The highest BCUT2D eigenvalue weighted by molar-refractivity contribution is 5.92. The number of benzene rings is 8. The molecule has 2 aromatic heterocycles. The Balaban J connectivity index is 1.14. The van der Waals surface area contributed by atoms with Crippen molar-refractivity contribution in [2.75, 3.05) is 0 Å². The first-order valence-electron chi connectivity index (χ1n) is 20.3. The molecule has 7 nitrogen and oxygen atoms in total. The van der Waals surface area contributed by atoms with Crippen LogP contribution in [0.3, 0.4) is 0 Å². The Hall–Kier alpha value is -8.73. The topological polar surface area (TPSA) is 101 Å². The van der Waals surface area contributed by atoms with Crippen molar-refractivity contribution in [2.45, 2.75) is 0 Å². The molecule has 0 fully saturated rings. The van der Waals surface area contributed by atoms with Crippen LogP contribution in [0.2, 0.25) is 0 Å². The van der Waals surface area contributed by atoms with Gasteiger partial charge in [0.2, 0.25) is 0 Å². The number of nitriles is 1. The summed E-state index contributed by atoms with van der Waals surface area (Å²) >= 11 is 0. The maximum absolute atomic E-state index is 9.57. The maximum atomic E-state index is 9.57. The highest BCUT2D eigenvalue weighted by Crippen LogP contribution is 2.40. The maximum Gasteiger partial charge on any atom is 0.164 e. The van der Waals surface area contributed by atoms with Crippen molar-refractivity contribution in [3.05, 3.63) is 218 Å². The fraction of sp³-hybridized carbons (Fsp3) is 0. The molecule has 0 spiro atoms. The minimum absolute atomic E-state index is 0.542. The van der Waals surface area contributed by atoms with Gasteiger partial charge in [0.15, 0.2) is 34.9 Å². The van der Waals surface area contributed by atoms with E-state index in [9.17, 15) is 5.26 Å². The lowest BCUT2D eigenvalue weighted by molar-refractivity contribution is 1.07. The molecule has 10 rings (SSSR count). The van der Waals surface area contributed by atoms with Crippen LogP contribution in [0.25, 0.3) is 102 Å². The lowest BCUT2D eigenvalue weighted by atomic mass is 9.90. The van der Waals surface area contributed by atoms with Gasteiger partial charge in [-0.15, -0.1) is 0 Å². The molecule has 0 aliphatic rings. The van der Waals surface area contributed by atoms with Crippen LogP contribution in [0, 0.1) is 11.3 Å². The molecule has 62 heavy (non-hydrogen) atoms. The van der Waals surface area contributed by atoms with E-state index in [1.807, 2.05) is 152 Å². The van der Waals surface area contributed by atoms with Gasteiger partial charge in [-0.1, -0.05) is 188 Å². The summed E-state index contributed by atoms with van der Waals surface area (Å²) in [7, 11) is 0. The second-order valence-electron chi connectivity index (χ2n) is 14.7. The summed E-state index contributed by atoms with van der Waals surface area (Å²) < 4.78 is 0. The molecule has 0 N–H and O–H groups in total. The Bertz CT molecular complexity index is 3180. The van der Waals surface area contributed by atoms with Gasteiger partial charge in [0, 0.05) is 33.4 Å². The van der Waals surface area contributed by atoms with Crippen molar-refractivity contribution in [3.63, 3.8) is 0 Å². The predicted octanol–water partition coefficient (Wildman–Crippen LogP) is 12.9. The monoisotopic (exact) mass is 793 g/mol. The van der Waals surface area contributed by atoms with Gasteiger partial charge in [-0.3, -0.25) is 0 Å². The molecule has 7 heteroatoms. The molecule has 2 heterocycles. The molecule has 8 aromatic carbocycles. The quantitative estimate of drug-likeness (QED) is 0.143. The average Bonchev–Trinajstić information content (AvgIpc) is 3.37. The van der Waals surface area contributed by atoms with Gasteiger partial charge >= 0.3 is 0 Å². The minimum Gasteiger partial charge on any atom is -0.208 e. The fourth-order valence-corrected chi connectivity index (χ4v) is 7.57. The van der Waals surface area contributed by atoms with Crippen LogP contribution in [0.4, 0.5) is 0 Å². The zero-order chi connectivity index (χ0) is 41.7. The summed E-state index contributed by atoms with van der Waals surface area (Å²) in [6.45, 7) is 0. The standard InChI is InChI=1S/C55H35N7/c56-36-37-17-15-26-42(33-37)43-27-16-28-44(34-43)53-58-50(39-20-7-2-8-21-39)59-54(60-53)45-31-32-47(49(35-45)38-18-5-1-6-19-38)46-29-13-14-30-48(46)55-61-51(40-22-9-3-10-23-40)57-52(62-55)41-24-11-4-12-25-41/h1-35H. The van der Waals surface area contributed by atoms with E-state index in [4.69, 9.17) is 29.9 Å². The van der Waals surface area contributed by atoms with E-state index >= 15 is 0 Å². The Morgan fingerprint density at radius 3 is 1.15 bits per heavy atom. The van der Waals surface area contributed by atoms with Crippen molar-refractivity contribution >= 4 is 0 Å². The minimum atomic E-state index is 0.542. The van der Waals surface area contributed by atoms with E-state index in [1.54, 1.807) is 0 Å². The lowest BCUT2D eigenvalue weighted by Gasteiger charge is -2.16. The number of hydrogen-bond donors (Lipinski definition) is 0. The van der Waals surface area contributed by atoms with Gasteiger partial charge in [-0.05, 0) is 57.6 Å². The molecule has 290 valence electrons. The van der Waals surface area contributed by atoms with Crippen molar-refractivity contribution in [1.82, 2.24) is 29.9 Å². The van der Waals surface area contributed by atoms with E-state index in [0.717, 1.165) is 66.8 Å². The molecule has 0 atom stereocenters. The van der Waals surface area contributed by atoms with Gasteiger partial charge in [0.05, 0.1) is 11.6 Å². The zero-order valence-electron chi connectivity index (χ0n) is 33.3. The molecule has 0 radical (unpaired) electrons. The SMILES string of the molecule is N#Cc1cccc(-c2cccc(-c3nc(-c4ccccc4)nc(-c4ccc(-c5ccccc5-c5nc(-c6ccccc6)nc(-c6ccccc6)n5)c(-c5ccccc5)c4)n3)c2)c1. The molecule has 0 amide bonds. The number of nitrogens with zero attached hydrogens (tertiary/aromatic N) is 7. The predicted molar refractivity (Wildman–Crippen MR) is 247 cm³/mol. The normalized spacial score (nSPS) is 10.9. The van der Waals surface area contributed by atoms with Gasteiger partial charge in [-0.2, -0.15) is 5.26 Å². The van der Waals surface area contributed by atoms with E-state index in [2.05, 4.69) is 66.7 Å². The first-order valence-corrected chi connectivity index (χ1v) is 20.3. The summed E-state index contributed by atoms with van der Waals surface area (Å²) in [4.78, 5) is 30.4.